The molecule has 1 aliphatic rings. The molecule has 1 saturated heterocycles. The third-order valence-electron chi connectivity index (χ3n) is 4.50. The number of methoxy groups -OCH3 is 1. The van der Waals surface area contributed by atoms with Gasteiger partial charge in [-0.1, -0.05) is 19.1 Å². The Morgan fingerprint density at radius 1 is 1.35 bits per heavy atom. The van der Waals surface area contributed by atoms with Crippen molar-refractivity contribution in [3.63, 3.8) is 0 Å². The molecule has 5 nitrogen and oxygen atoms in total. The first-order chi connectivity index (χ1) is 11.1. The van der Waals surface area contributed by atoms with E-state index in [2.05, 4.69) is 24.4 Å². The number of carbonyl (C=O) groups is 1. The van der Waals surface area contributed by atoms with Crippen LogP contribution in [0.3, 0.4) is 0 Å². The summed E-state index contributed by atoms with van der Waals surface area (Å²) in [5.41, 5.74) is 1.25. The molecule has 1 atom stereocenters. The number of piperidine rings is 1. The minimum absolute atomic E-state index is 0.0166. The number of benzene rings is 1. The summed E-state index contributed by atoms with van der Waals surface area (Å²) in [6, 6.07) is 8.08. The molecule has 0 bridgehead atoms. The minimum atomic E-state index is 0.0166. The summed E-state index contributed by atoms with van der Waals surface area (Å²) in [5, 5.41) is 12.2. The molecule has 2 rings (SSSR count). The zero-order chi connectivity index (χ0) is 16.7. The number of likely N-dealkylation sites (tertiary alicyclic amines) is 1. The lowest BCUT2D eigenvalue weighted by Crippen LogP contribution is -2.46. The average Bonchev–Trinajstić information content (AvgIpc) is 2.60. The Kier molecular flexibility index (Phi) is 6.71. The highest BCUT2D eigenvalue weighted by atomic mass is 16.5. The Labute approximate surface area is 138 Å². The zero-order valence-electron chi connectivity index (χ0n) is 14.1. The van der Waals surface area contributed by atoms with Crippen molar-refractivity contribution in [3.05, 3.63) is 29.8 Å². The number of carbonyl (C=O) groups excluding carboxylic acids is 1. The van der Waals surface area contributed by atoms with Gasteiger partial charge in [0.05, 0.1) is 7.11 Å². The van der Waals surface area contributed by atoms with Crippen LogP contribution in [0.25, 0.3) is 0 Å². The van der Waals surface area contributed by atoms with Gasteiger partial charge in [0.25, 0.3) is 0 Å². The molecule has 0 aromatic heterocycles. The molecule has 1 unspecified atom stereocenters. The third kappa shape index (κ3) is 5.43. The lowest BCUT2D eigenvalue weighted by molar-refractivity contribution is 0.137. The number of hydrogen-bond acceptors (Lipinski definition) is 3. The van der Waals surface area contributed by atoms with Gasteiger partial charge in [0.1, 0.15) is 5.75 Å². The van der Waals surface area contributed by atoms with Crippen LogP contribution in [0.2, 0.25) is 0 Å². The molecule has 23 heavy (non-hydrogen) atoms. The van der Waals surface area contributed by atoms with Crippen LogP contribution in [0.4, 0.5) is 4.79 Å². The van der Waals surface area contributed by atoms with Gasteiger partial charge in [0.2, 0.25) is 0 Å². The highest BCUT2D eigenvalue weighted by Crippen LogP contribution is 2.17. The van der Waals surface area contributed by atoms with E-state index in [0.29, 0.717) is 18.4 Å². The van der Waals surface area contributed by atoms with E-state index < -0.39 is 0 Å². The van der Waals surface area contributed by atoms with Crippen molar-refractivity contribution < 1.29 is 14.6 Å². The number of hydrogen-bond donors (Lipinski definition) is 2. The van der Waals surface area contributed by atoms with Gasteiger partial charge in [-0.25, -0.2) is 4.79 Å². The smallest absolute Gasteiger partial charge is 0.317 e. The van der Waals surface area contributed by atoms with Crippen LogP contribution in [-0.4, -0.2) is 49.4 Å². The largest absolute Gasteiger partial charge is 0.497 e. The van der Waals surface area contributed by atoms with Crippen LogP contribution in [-0.2, 0) is 6.42 Å². The molecule has 1 heterocycles. The Bertz CT molecular complexity index is 482. The van der Waals surface area contributed by atoms with Crippen LogP contribution in [0.1, 0.15) is 25.3 Å². The number of urea groups is 1. The normalized spacial score (nSPS) is 16.9. The summed E-state index contributed by atoms with van der Waals surface area (Å²) < 4.78 is 5.16. The van der Waals surface area contributed by atoms with Gasteiger partial charge in [-0.2, -0.15) is 0 Å². The summed E-state index contributed by atoms with van der Waals surface area (Å²) in [4.78, 5) is 14.0. The van der Waals surface area contributed by atoms with Gasteiger partial charge in [-0.3, -0.25) is 0 Å². The highest BCUT2D eigenvalue weighted by molar-refractivity contribution is 5.74. The predicted molar refractivity (Wildman–Crippen MR) is 90.6 cm³/mol. The van der Waals surface area contributed by atoms with Crippen LogP contribution in [0.5, 0.6) is 5.75 Å². The SMILES string of the molecule is COc1ccc(CC(C)CNC(=O)N2CCC(CO)CC2)cc1. The van der Waals surface area contributed by atoms with Gasteiger partial charge >= 0.3 is 6.03 Å². The van der Waals surface area contributed by atoms with Gasteiger partial charge in [-0.15, -0.1) is 0 Å². The molecule has 0 aliphatic carbocycles. The first kappa shape index (κ1) is 17.6. The number of aliphatic hydroxyl groups excluding tert-OH is 1. The summed E-state index contributed by atoms with van der Waals surface area (Å²) in [6.07, 6.45) is 2.72. The third-order valence-corrected chi connectivity index (χ3v) is 4.50. The number of ether oxygens (including phenoxy) is 1. The van der Waals surface area contributed by atoms with Gasteiger partial charge in [-0.05, 0) is 48.8 Å². The summed E-state index contributed by atoms with van der Waals surface area (Å²) in [6.45, 7) is 4.52. The minimum Gasteiger partial charge on any atom is -0.497 e. The Hall–Kier alpha value is -1.75. The second-order valence-electron chi connectivity index (χ2n) is 6.46. The molecular formula is C18H28N2O3. The van der Waals surface area contributed by atoms with Crippen molar-refractivity contribution in [1.82, 2.24) is 10.2 Å². The van der Waals surface area contributed by atoms with Gasteiger partial charge in [0, 0.05) is 26.2 Å². The average molecular weight is 320 g/mol. The molecule has 0 spiro atoms. The van der Waals surface area contributed by atoms with E-state index in [1.165, 1.54) is 5.56 Å². The zero-order valence-corrected chi connectivity index (χ0v) is 14.1. The number of amides is 2. The van der Waals surface area contributed by atoms with Crippen LogP contribution < -0.4 is 10.1 Å². The molecule has 0 saturated carbocycles. The Balaban J connectivity index is 1.71. The molecular weight excluding hydrogens is 292 g/mol. The molecule has 128 valence electrons. The van der Waals surface area contributed by atoms with Gasteiger partial charge in [0.15, 0.2) is 0 Å². The Morgan fingerprint density at radius 3 is 2.57 bits per heavy atom. The topological polar surface area (TPSA) is 61.8 Å². The van der Waals surface area contributed by atoms with E-state index >= 15 is 0 Å². The maximum Gasteiger partial charge on any atom is 0.317 e. The first-order valence-corrected chi connectivity index (χ1v) is 8.39. The fourth-order valence-electron chi connectivity index (χ4n) is 2.93. The van der Waals surface area contributed by atoms with E-state index in [4.69, 9.17) is 9.84 Å². The predicted octanol–water partition coefficient (Wildman–Crippen LogP) is 2.29. The molecule has 2 amide bonds. The summed E-state index contributed by atoms with van der Waals surface area (Å²) in [7, 11) is 1.66. The molecule has 0 radical (unpaired) electrons. The van der Waals surface area contributed by atoms with Crippen LogP contribution in [0, 0.1) is 11.8 Å². The Morgan fingerprint density at radius 2 is 2.00 bits per heavy atom. The maximum atomic E-state index is 12.2. The van der Waals surface area contributed by atoms with Crippen molar-refractivity contribution in [1.29, 1.82) is 0 Å². The first-order valence-electron chi connectivity index (χ1n) is 8.39. The molecule has 1 aliphatic heterocycles. The number of rotatable bonds is 6. The standard InChI is InChI=1S/C18H28N2O3/c1-14(11-15-3-5-17(23-2)6-4-15)12-19-18(22)20-9-7-16(13-21)8-10-20/h3-6,14,16,21H,7-13H2,1-2H3,(H,19,22). The molecule has 1 aromatic rings. The monoisotopic (exact) mass is 320 g/mol. The van der Waals surface area contributed by atoms with E-state index in [-0.39, 0.29) is 12.6 Å². The second-order valence-corrected chi connectivity index (χ2v) is 6.46. The van der Waals surface area contributed by atoms with E-state index in [1.54, 1.807) is 7.11 Å². The van der Waals surface area contributed by atoms with E-state index in [1.807, 2.05) is 17.0 Å². The highest BCUT2D eigenvalue weighted by Gasteiger charge is 2.22. The second kappa shape index (κ2) is 8.77. The summed E-state index contributed by atoms with van der Waals surface area (Å²) >= 11 is 0. The van der Waals surface area contributed by atoms with Crippen LogP contribution >= 0.6 is 0 Å². The van der Waals surface area contributed by atoms with Crippen molar-refractivity contribution in [2.75, 3.05) is 33.4 Å². The number of nitrogens with zero attached hydrogens (tertiary/aromatic N) is 1. The van der Waals surface area contributed by atoms with Crippen LogP contribution in [0.15, 0.2) is 24.3 Å². The van der Waals surface area contributed by atoms with E-state index in [0.717, 1.165) is 38.1 Å². The van der Waals surface area contributed by atoms with Gasteiger partial charge < -0.3 is 20.1 Å². The quantitative estimate of drug-likeness (QED) is 0.845. The van der Waals surface area contributed by atoms with Crippen molar-refractivity contribution >= 4 is 6.03 Å². The van der Waals surface area contributed by atoms with Crippen molar-refractivity contribution in [2.45, 2.75) is 26.2 Å². The fraction of sp³-hybridized carbons (Fsp3) is 0.611. The lowest BCUT2D eigenvalue weighted by atomic mass is 9.98. The maximum absolute atomic E-state index is 12.2. The molecule has 1 fully saturated rings. The molecule has 5 heteroatoms. The number of aliphatic hydroxyl groups is 1. The molecule has 1 aromatic carbocycles. The van der Waals surface area contributed by atoms with Crippen molar-refractivity contribution in [3.8, 4) is 5.75 Å². The molecule has 2 N–H and O–H groups in total. The van der Waals surface area contributed by atoms with Crippen molar-refractivity contribution in [2.24, 2.45) is 11.8 Å². The fourth-order valence-corrected chi connectivity index (χ4v) is 2.93. The van der Waals surface area contributed by atoms with E-state index in [9.17, 15) is 4.79 Å². The summed E-state index contributed by atoms with van der Waals surface area (Å²) in [5.74, 6) is 1.59. The lowest BCUT2D eigenvalue weighted by Gasteiger charge is -2.31. The number of nitrogens with one attached hydrogen (secondary N) is 1.